The van der Waals surface area contributed by atoms with Gasteiger partial charge < -0.3 is 5.11 Å². The summed E-state index contributed by atoms with van der Waals surface area (Å²) in [5, 5.41) is 9.03. The summed E-state index contributed by atoms with van der Waals surface area (Å²) in [7, 11) is 0. The van der Waals surface area contributed by atoms with Gasteiger partial charge in [-0.2, -0.15) is 0 Å². The van der Waals surface area contributed by atoms with Crippen LogP contribution in [-0.4, -0.2) is 11.7 Å². The molecule has 0 amide bonds. The second kappa shape index (κ2) is 6.28. The lowest BCUT2D eigenvalue weighted by molar-refractivity contribution is -0.0525. The Bertz CT molecular complexity index is 429. The first-order chi connectivity index (χ1) is 9.82. The molecule has 0 aromatic carbocycles. The third kappa shape index (κ3) is 3.13. The van der Waals surface area contributed by atoms with Gasteiger partial charge in [0.1, 0.15) is 0 Å². The predicted octanol–water partition coefficient (Wildman–Crippen LogP) is 5.50. The molecule has 3 atom stereocenters. The van der Waals surface area contributed by atoms with Gasteiger partial charge in [0.05, 0.1) is 6.61 Å². The van der Waals surface area contributed by atoms with Gasteiger partial charge in [-0.25, -0.2) is 0 Å². The molecule has 0 radical (unpaired) electrons. The van der Waals surface area contributed by atoms with Gasteiger partial charge in [-0.05, 0) is 68.6 Å². The lowest BCUT2D eigenvalue weighted by Gasteiger charge is -2.57. The minimum atomic E-state index is 0.180. The molecule has 1 heteroatoms. The van der Waals surface area contributed by atoms with Gasteiger partial charge in [-0.15, -0.1) is 0 Å². The summed E-state index contributed by atoms with van der Waals surface area (Å²) in [6.07, 6.45) is 12.3. The molecule has 1 nitrogen and oxygen atoms in total. The van der Waals surface area contributed by atoms with Gasteiger partial charge in [0.25, 0.3) is 0 Å². The number of hydrogen-bond donors (Lipinski definition) is 1. The van der Waals surface area contributed by atoms with E-state index < -0.39 is 0 Å². The van der Waals surface area contributed by atoms with Gasteiger partial charge in [0.2, 0.25) is 0 Å². The summed E-state index contributed by atoms with van der Waals surface area (Å²) in [6, 6.07) is 0. The van der Waals surface area contributed by atoms with Crippen LogP contribution in [0.2, 0.25) is 0 Å². The van der Waals surface area contributed by atoms with Crippen molar-refractivity contribution in [1.29, 1.82) is 0 Å². The smallest absolute Gasteiger partial charge is 0.0614 e. The van der Waals surface area contributed by atoms with E-state index in [1.54, 1.807) is 5.57 Å². The molecule has 2 aliphatic rings. The van der Waals surface area contributed by atoms with Crippen LogP contribution in [-0.2, 0) is 0 Å². The zero-order valence-corrected chi connectivity index (χ0v) is 14.7. The number of hydrogen-bond acceptors (Lipinski definition) is 1. The molecule has 0 aromatic rings. The molecule has 2 rings (SSSR count). The van der Waals surface area contributed by atoms with Crippen LogP contribution in [0.25, 0.3) is 0 Å². The first-order valence-corrected chi connectivity index (χ1v) is 8.75. The third-order valence-corrected chi connectivity index (χ3v) is 6.89. The van der Waals surface area contributed by atoms with E-state index in [9.17, 15) is 0 Å². The van der Waals surface area contributed by atoms with E-state index >= 15 is 0 Å². The second-order valence-corrected chi connectivity index (χ2v) is 8.33. The predicted molar refractivity (Wildman–Crippen MR) is 91.2 cm³/mol. The Morgan fingerprint density at radius 1 is 1.38 bits per heavy atom. The van der Waals surface area contributed by atoms with E-state index in [1.165, 1.54) is 37.7 Å². The maximum Gasteiger partial charge on any atom is 0.0614 e. The highest BCUT2D eigenvalue weighted by Crippen LogP contribution is 2.61. The summed E-state index contributed by atoms with van der Waals surface area (Å²) in [5.41, 5.74) is 3.88. The Kier molecular flexibility index (Phi) is 5.03. The number of rotatable bonds is 4. The number of allylic oxidation sites excluding steroid dienone is 3. The van der Waals surface area contributed by atoms with Crippen molar-refractivity contribution in [3.8, 4) is 0 Å². The maximum atomic E-state index is 9.03. The molecular weight excluding hydrogens is 256 g/mol. The summed E-state index contributed by atoms with van der Waals surface area (Å²) in [4.78, 5) is 0. The molecule has 1 saturated carbocycles. The topological polar surface area (TPSA) is 20.2 Å². The van der Waals surface area contributed by atoms with Crippen molar-refractivity contribution in [3.63, 3.8) is 0 Å². The van der Waals surface area contributed by atoms with Crippen molar-refractivity contribution in [3.05, 3.63) is 23.3 Å². The fourth-order valence-corrected chi connectivity index (χ4v) is 4.85. The largest absolute Gasteiger partial charge is 0.392 e. The highest BCUT2D eigenvalue weighted by atomic mass is 16.2. The summed E-state index contributed by atoms with van der Waals surface area (Å²) >= 11 is 0. The van der Waals surface area contributed by atoms with Crippen LogP contribution in [0, 0.1) is 22.7 Å². The van der Waals surface area contributed by atoms with E-state index in [0.29, 0.717) is 10.8 Å². The van der Waals surface area contributed by atoms with Crippen molar-refractivity contribution in [2.24, 2.45) is 22.7 Å². The maximum absolute atomic E-state index is 9.03. The van der Waals surface area contributed by atoms with Crippen molar-refractivity contribution in [2.45, 2.75) is 73.1 Å². The lowest BCUT2D eigenvalue weighted by Crippen LogP contribution is -2.49. The average Bonchev–Trinajstić information content (AvgIpc) is 2.40. The van der Waals surface area contributed by atoms with Crippen LogP contribution in [0.1, 0.15) is 73.1 Å². The zero-order valence-electron chi connectivity index (χ0n) is 14.7. The Morgan fingerprint density at radius 3 is 2.76 bits per heavy atom. The summed E-state index contributed by atoms with van der Waals surface area (Å²) in [6.45, 7) is 12.2. The van der Waals surface area contributed by atoms with Crippen LogP contribution in [0.3, 0.4) is 0 Å². The van der Waals surface area contributed by atoms with Crippen molar-refractivity contribution >= 4 is 0 Å². The molecule has 0 heterocycles. The van der Waals surface area contributed by atoms with Crippen LogP contribution >= 0.6 is 0 Å². The minimum Gasteiger partial charge on any atom is -0.392 e. The lowest BCUT2D eigenvalue weighted by atomic mass is 9.47. The normalized spacial score (nSPS) is 36.1. The standard InChI is InChI=1S/C20H34O/c1-15(11-14-21)8-9-17-16(2)10-13-20(5)18(17)7-6-12-19(20,3)4/h10-11,17-18,21H,6-9,12-14H2,1-5H3. The molecule has 120 valence electrons. The highest BCUT2D eigenvalue weighted by Gasteiger charge is 2.52. The van der Waals surface area contributed by atoms with Crippen LogP contribution < -0.4 is 0 Å². The SMILES string of the molecule is CC(=CCO)CCC1C(C)=CCC2(C)C1CCCC2(C)C. The van der Waals surface area contributed by atoms with E-state index in [4.69, 9.17) is 5.11 Å². The highest BCUT2D eigenvalue weighted by molar-refractivity contribution is 5.18. The molecule has 2 aliphatic carbocycles. The molecule has 1 fully saturated rings. The van der Waals surface area contributed by atoms with Gasteiger partial charge in [0, 0.05) is 0 Å². The Hall–Kier alpha value is -0.560. The van der Waals surface area contributed by atoms with Gasteiger partial charge >= 0.3 is 0 Å². The van der Waals surface area contributed by atoms with Crippen molar-refractivity contribution < 1.29 is 5.11 Å². The van der Waals surface area contributed by atoms with Crippen molar-refractivity contribution in [2.75, 3.05) is 6.61 Å². The first kappa shape index (κ1) is 16.8. The zero-order chi connectivity index (χ0) is 15.7. The number of aliphatic hydroxyl groups is 1. The van der Waals surface area contributed by atoms with Crippen LogP contribution in [0.5, 0.6) is 0 Å². The fourth-order valence-electron chi connectivity index (χ4n) is 4.85. The first-order valence-electron chi connectivity index (χ1n) is 8.75. The van der Waals surface area contributed by atoms with E-state index in [1.807, 2.05) is 6.08 Å². The molecule has 1 N–H and O–H groups in total. The fraction of sp³-hybridized carbons (Fsp3) is 0.800. The number of fused-ring (bicyclic) bond motifs is 1. The van der Waals surface area contributed by atoms with Gasteiger partial charge in [-0.3, -0.25) is 0 Å². The van der Waals surface area contributed by atoms with Crippen LogP contribution in [0.4, 0.5) is 0 Å². The van der Waals surface area contributed by atoms with Gasteiger partial charge in [-0.1, -0.05) is 50.5 Å². The second-order valence-electron chi connectivity index (χ2n) is 8.33. The summed E-state index contributed by atoms with van der Waals surface area (Å²) in [5.74, 6) is 1.58. The Balaban J connectivity index is 2.19. The molecular formula is C20H34O. The molecule has 21 heavy (non-hydrogen) atoms. The molecule has 0 bridgehead atoms. The molecule has 0 aliphatic heterocycles. The van der Waals surface area contributed by atoms with E-state index in [-0.39, 0.29) is 6.61 Å². The summed E-state index contributed by atoms with van der Waals surface area (Å²) < 4.78 is 0. The van der Waals surface area contributed by atoms with Gasteiger partial charge in [0.15, 0.2) is 0 Å². The van der Waals surface area contributed by atoms with Crippen LogP contribution in [0.15, 0.2) is 23.3 Å². The Labute approximate surface area is 131 Å². The van der Waals surface area contributed by atoms with Crippen molar-refractivity contribution in [1.82, 2.24) is 0 Å². The average molecular weight is 290 g/mol. The molecule has 0 aromatic heterocycles. The number of aliphatic hydroxyl groups excluding tert-OH is 1. The quantitative estimate of drug-likeness (QED) is 0.677. The van der Waals surface area contributed by atoms with E-state index in [2.05, 4.69) is 40.7 Å². The molecule has 0 saturated heterocycles. The minimum absolute atomic E-state index is 0.180. The Morgan fingerprint density at radius 2 is 2.10 bits per heavy atom. The molecule has 3 unspecified atom stereocenters. The monoisotopic (exact) mass is 290 g/mol. The third-order valence-electron chi connectivity index (χ3n) is 6.89. The van der Waals surface area contributed by atoms with E-state index in [0.717, 1.165) is 18.3 Å². The molecule has 0 spiro atoms.